The average molecular weight is 311 g/mol. The minimum Gasteiger partial charge on any atom is 0 e. The van der Waals surface area contributed by atoms with Gasteiger partial charge in [-0.2, -0.15) is 0 Å². The average Bonchev–Trinajstić information content (AvgIpc) is 2.26. The Morgan fingerprint density at radius 3 is 0.667 bits per heavy atom. The van der Waals surface area contributed by atoms with Crippen LogP contribution < -0.4 is 0 Å². The first-order valence-corrected chi connectivity index (χ1v) is 5.71. The summed E-state index contributed by atoms with van der Waals surface area (Å²) in [7, 11) is -6.17. The Morgan fingerprint density at radius 1 is 0.533 bits per heavy atom. The van der Waals surface area contributed by atoms with Crippen molar-refractivity contribution in [2.24, 2.45) is 0 Å². The molecule has 0 aromatic rings. The largest absolute Gasteiger partial charge is 0 e. The zero-order chi connectivity index (χ0) is 10.7. The SMILES string of the molecule is N#[C][Fe]([C]#N)([C]#N)([C]#N)([C]#N)[C]#N.[KH].[Ni]. The van der Waals surface area contributed by atoms with Crippen molar-refractivity contribution in [3.05, 3.63) is 0 Å². The first-order valence-electron chi connectivity index (χ1n) is 2.40. The Morgan fingerprint density at radius 2 is 0.667 bits per heavy atom. The fourth-order valence-corrected chi connectivity index (χ4v) is 1.09. The van der Waals surface area contributed by atoms with Crippen LogP contribution in [-0.2, 0) is 27.2 Å². The van der Waals surface area contributed by atoms with Crippen molar-refractivity contribution in [2.45, 2.75) is 0 Å². The summed E-state index contributed by atoms with van der Waals surface area (Å²) >= 11 is 0. The van der Waals surface area contributed by atoms with E-state index in [1.54, 1.807) is 0 Å². The van der Waals surface area contributed by atoms with Gasteiger partial charge in [0.05, 0.1) is 0 Å². The van der Waals surface area contributed by atoms with Crippen LogP contribution in [0.25, 0.3) is 0 Å². The summed E-state index contributed by atoms with van der Waals surface area (Å²) in [6, 6.07) is 0. The van der Waals surface area contributed by atoms with Crippen LogP contribution in [0.2, 0.25) is 0 Å². The Bertz CT molecular complexity index is 397. The predicted molar refractivity (Wildman–Crippen MR) is 40.8 cm³/mol. The third kappa shape index (κ3) is 2.08. The molecule has 0 aromatic carbocycles. The Balaban J connectivity index is -0.000000720. The van der Waals surface area contributed by atoms with E-state index in [9.17, 15) is 0 Å². The van der Waals surface area contributed by atoms with E-state index in [4.69, 9.17) is 31.6 Å². The topological polar surface area (TPSA) is 143 Å². The summed E-state index contributed by atoms with van der Waals surface area (Å²) in [4.78, 5) is 6.19. The van der Waals surface area contributed by atoms with E-state index in [1.165, 1.54) is 0 Å². The summed E-state index contributed by atoms with van der Waals surface area (Å²) in [6.45, 7) is 0. The molecule has 74 valence electrons. The second kappa shape index (κ2) is 5.08. The van der Waals surface area contributed by atoms with Gasteiger partial charge in [-0.15, -0.1) is 0 Å². The molecule has 0 amide bonds. The van der Waals surface area contributed by atoms with Gasteiger partial charge < -0.3 is 0 Å². The molecular weight excluding hydrogens is 310 g/mol. The molecule has 0 aliphatic rings. The Labute approximate surface area is 138 Å². The zero-order valence-electron chi connectivity index (χ0n) is 6.35. The van der Waals surface area contributed by atoms with E-state index in [-0.39, 0.29) is 67.9 Å². The number of rotatable bonds is 0. The van der Waals surface area contributed by atoms with Crippen LogP contribution in [0, 0.1) is 61.4 Å². The van der Waals surface area contributed by atoms with Crippen LogP contribution in [-0.4, -0.2) is 51.4 Å². The van der Waals surface area contributed by atoms with Gasteiger partial charge >= 0.3 is 123 Å². The van der Waals surface area contributed by atoms with Crippen LogP contribution >= 0.6 is 0 Å². The van der Waals surface area contributed by atoms with E-state index in [0.717, 1.165) is 29.8 Å². The normalized spacial score (nSPS) is 11.6. The zero-order valence-corrected chi connectivity index (χ0v) is 8.44. The third-order valence-corrected chi connectivity index (χ3v) is 4.89. The molecule has 0 aromatic heterocycles. The number of nitrogens with zero attached hydrogens (tertiary/aromatic N) is 6. The van der Waals surface area contributed by atoms with Crippen LogP contribution in [0.1, 0.15) is 0 Å². The summed E-state index contributed by atoms with van der Waals surface area (Å²) in [5.41, 5.74) is 0. The first-order chi connectivity index (χ1) is 5.97. The fourth-order valence-electron chi connectivity index (χ4n) is 0.265. The maximum absolute atomic E-state index is 8.58. The standard InChI is InChI=1S/6CN.Fe.K.Ni.H/c6*1-2;;;;. The Hall–Kier alpha value is -0.411. The maximum Gasteiger partial charge on any atom is 0 e. The van der Waals surface area contributed by atoms with Crippen molar-refractivity contribution < 1.29 is 27.2 Å². The summed E-state index contributed by atoms with van der Waals surface area (Å²) in [5.74, 6) is 0. The van der Waals surface area contributed by atoms with Gasteiger partial charge in [-0.1, -0.05) is 0 Å². The Kier molecular flexibility index (Phi) is 6.79. The van der Waals surface area contributed by atoms with E-state index < -0.39 is 10.7 Å². The summed E-state index contributed by atoms with van der Waals surface area (Å²) in [6.07, 6.45) is 0. The van der Waals surface area contributed by atoms with Gasteiger partial charge in [0.25, 0.3) is 0 Å². The van der Waals surface area contributed by atoms with Crippen LogP contribution in [0.4, 0.5) is 0 Å². The third-order valence-electron chi connectivity index (χ3n) is 1.19. The minimum atomic E-state index is -6.17. The molecule has 0 aliphatic heterocycles. The molecule has 0 saturated carbocycles. The van der Waals surface area contributed by atoms with E-state index >= 15 is 0 Å². The van der Waals surface area contributed by atoms with Crippen molar-refractivity contribution in [3.8, 4) is 29.8 Å². The van der Waals surface area contributed by atoms with Crippen LogP contribution in [0.5, 0.6) is 0 Å². The quantitative estimate of drug-likeness (QED) is 0.549. The van der Waals surface area contributed by atoms with E-state index in [2.05, 4.69) is 0 Å². The van der Waals surface area contributed by atoms with Crippen molar-refractivity contribution >= 4 is 51.4 Å². The van der Waals surface area contributed by atoms with Crippen molar-refractivity contribution in [1.29, 1.82) is 31.6 Å². The number of hydrogen-bond donors (Lipinski definition) is 0. The molecule has 0 radical (unpaired) electrons. The second-order valence-corrected chi connectivity index (χ2v) is 7.42. The van der Waals surface area contributed by atoms with Gasteiger partial charge in [-0.25, -0.2) is 0 Å². The molecule has 0 fully saturated rings. The smallest absolute Gasteiger partial charge is 0 e. The molecule has 0 atom stereocenters. The molecule has 9 heteroatoms. The predicted octanol–water partition coefficient (Wildman–Crippen LogP) is -0.553. The maximum atomic E-state index is 8.58. The van der Waals surface area contributed by atoms with Crippen molar-refractivity contribution in [3.63, 3.8) is 0 Å². The number of nitriles is 6. The number of hydrogen-bond acceptors (Lipinski definition) is 6. The summed E-state index contributed by atoms with van der Waals surface area (Å²) < 4.78 is 0. The van der Waals surface area contributed by atoms with Crippen LogP contribution in [0.15, 0.2) is 0 Å². The molecule has 0 N–H and O–H groups in total. The van der Waals surface area contributed by atoms with Crippen molar-refractivity contribution in [2.75, 3.05) is 0 Å². The monoisotopic (exact) mass is 310 g/mol. The molecule has 0 spiro atoms. The van der Waals surface area contributed by atoms with Gasteiger partial charge in [-0.05, 0) is 0 Å². The molecule has 0 rings (SSSR count). The molecule has 6 nitrogen and oxygen atoms in total. The fraction of sp³-hybridized carbons (Fsp3) is 0. The minimum absolute atomic E-state index is 0. The molecule has 0 unspecified atom stereocenters. The molecular formula is C6HFeKN6Ni. The van der Waals surface area contributed by atoms with E-state index in [0.29, 0.717) is 0 Å². The van der Waals surface area contributed by atoms with E-state index in [1.807, 2.05) is 0 Å². The van der Waals surface area contributed by atoms with Crippen LogP contribution in [0.3, 0.4) is 0 Å². The molecule has 0 heterocycles. The molecule has 0 aliphatic carbocycles. The van der Waals surface area contributed by atoms with Crippen molar-refractivity contribution in [1.82, 2.24) is 0 Å². The molecule has 0 saturated heterocycles. The molecule has 15 heavy (non-hydrogen) atoms. The van der Waals surface area contributed by atoms with Gasteiger partial charge in [0, 0.05) is 16.5 Å². The van der Waals surface area contributed by atoms with Gasteiger partial charge in [0.2, 0.25) is 0 Å². The van der Waals surface area contributed by atoms with Gasteiger partial charge in [-0.3, -0.25) is 0 Å². The van der Waals surface area contributed by atoms with Gasteiger partial charge in [0.15, 0.2) is 0 Å². The summed E-state index contributed by atoms with van der Waals surface area (Å²) in [5, 5.41) is 51.5. The first kappa shape index (κ1) is 20.1. The molecule has 0 bridgehead atoms. The second-order valence-electron chi connectivity index (χ2n) is 1.80. The van der Waals surface area contributed by atoms with Gasteiger partial charge in [0.1, 0.15) is 0 Å².